The minimum absolute atomic E-state index is 0.0581. The molecule has 1 atom stereocenters. The van der Waals surface area contributed by atoms with Gasteiger partial charge in [-0.2, -0.15) is 0 Å². The fourth-order valence-corrected chi connectivity index (χ4v) is 5.96. The zero-order chi connectivity index (χ0) is 27.2. The average molecular weight is 558 g/mol. The van der Waals surface area contributed by atoms with Crippen LogP contribution < -0.4 is 16.4 Å². The Morgan fingerprint density at radius 1 is 1.16 bits per heavy atom. The van der Waals surface area contributed by atoms with Gasteiger partial charge in [-0.3, -0.25) is 20.6 Å². The molecule has 2 saturated heterocycles. The van der Waals surface area contributed by atoms with Crippen molar-refractivity contribution < 1.29 is 0 Å². The summed E-state index contributed by atoms with van der Waals surface area (Å²) in [5.41, 5.74) is 8.39. The smallest absolute Gasteiger partial charge is 0.139 e. The van der Waals surface area contributed by atoms with E-state index in [1.807, 2.05) is 24.5 Å². The molecule has 0 bridgehead atoms. The van der Waals surface area contributed by atoms with E-state index in [1.54, 1.807) is 18.2 Å². The fraction of sp³-hybridized carbons (Fsp3) is 0.429. The second-order valence-electron chi connectivity index (χ2n) is 9.97. The van der Waals surface area contributed by atoms with Crippen LogP contribution in [0.4, 0.5) is 0 Å². The summed E-state index contributed by atoms with van der Waals surface area (Å²) >= 11 is 12.7. The zero-order valence-corrected chi connectivity index (χ0v) is 23.5. The van der Waals surface area contributed by atoms with Crippen LogP contribution in [0.1, 0.15) is 37.3 Å². The molecule has 1 aromatic rings. The minimum Gasteiger partial charge on any atom is -0.384 e. The van der Waals surface area contributed by atoms with Crippen molar-refractivity contribution in [1.82, 2.24) is 25.3 Å². The Morgan fingerprint density at radius 2 is 1.87 bits per heavy atom. The maximum absolute atomic E-state index is 8.75. The Balaban J connectivity index is 1.33. The number of nitrogens with two attached hydrogens (primary N) is 1. The highest BCUT2D eigenvalue weighted by Gasteiger charge is 2.34. The van der Waals surface area contributed by atoms with Gasteiger partial charge in [0.1, 0.15) is 17.5 Å². The third-order valence-electron chi connectivity index (χ3n) is 7.65. The minimum atomic E-state index is 0.0581. The topological polar surface area (TPSA) is 108 Å². The van der Waals surface area contributed by atoms with Crippen LogP contribution in [0.15, 0.2) is 65.8 Å². The van der Waals surface area contributed by atoms with Crippen molar-refractivity contribution >= 4 is 34.9 Å². The molecule has 3 aliphatic rings. The van der Waals surface area contributed by atoms with Crippen molar-refractivity contribution in [3.8, 4) is 0 Å². The van der Waals surface area contributed by atoms with Gasteiger partial charge in [0.2, 0.25) is 0 Å². The molecule has 10 heteroatoms. The lowest BCUT2D eigenvalue weighted by Gasteiger charge is -2.48. The lowest BCUT2D eigenvalue weighted by molar-refractivity contribution is 0.0314. The van der Waals surface area contributed by atoms with Crippen LogP contribution in [0, 0.1) is 10.8 Å². The molecule has 204 valence electrons. The molecule has 0 radical (unpaired) electrons. The predicted molar refractivity (Wildman–Crippen MR) is 157 cm³/mol. The Labute approximate surface area is 235 Å². The molecule has 0 amide bonds. The second-order valence-corrected chi connectivity index (χ2v) is 10.8. The van der Waals surface area contributed by atoms with E-state index in [1.165, 1.54) is 0 Å². The zero-order valence-electron chi connectivity index (χ0n) is 21.9. The number of amidine groups is 2. The van der Waals surface area contributed by atoms with Crippen LogP contribution in [0.5, 0.6) is 0 Å². The average Bonchev–Trinajstić information content (AvgIpc) is 3.47. The molecule has 4 rings (SSSR count). The predicted octanol–water partition coefficient (Wildman–Crippen LogP) is 4.15. The van der Waals surface area contributed by atoms with Gasteiger partial charge in [-0.15, -0.1) is 0 Å². The van der Waals surface area contributed by atoms with E-state index in [0.717, 1.165) is 81.1 Å². The van der Waals surface area contributed by atoms with Gasteiger partial charge < -0.3 is 21.3 Å². The lowest BCUT2D eigenvalue weighted by Crippen LogP contribution is -2.59. The lowest BCUT2D eigenvalue weighted by atomic mass is 9.97. The van der Waals surface area contributed by atoms with Crippen LogP contribution in [0.3, 0.4) is 0 Å². The largest absolute Gasteiger partial charge is 0.384 e. The standard InChI is InChI=1S/C28H38Cl2N8/c1-3-19(28-34-9-10-35-28)15-25(30)27(33)37-13-14-38(22(4-2)18-37)23-7-11-36(12-8-23)17-20-5-6-21(29)16-24(20)26(31)32/h3,5-6,9-10,15-16,22-23,33-35H,1,4,7-8,11-14,17-18H2,2H3,(H3,31,32)/t22-/m0/s1. The molecule has 3 heterocycles. The number of halogens is 2. The first-order valence-corrected chi connectivity index (χ1v) is 13.9. The molecule has 0 aromatic heterocycles. The molecule has 0 aliphatic carbocycles. The van der Waals surface area contributed by atoms with Crippen LogP contribution in [0.2, 0.25) is 5.02 Å². The van der Waals surface area contributed by atoms with E-state index < -0.39 is 0 Å². The summed E-state index contributed by atoms with van der Waals surface area (Å²) in [5, 5.41) is 23.9. The Bertz CT molecular complexity index is 1140. The molecule has 8 nitrogen and oxygen atoms in total. The highest BCUT2D eigenvalue weighted by molar-refractivity contribution is 6.42. The number of benzene rings is 1. The summed E-state index contributed by atoms with van der Waals surface area (Å²) in [4.78, 5) is 7.19. The summed E-state index contributed by atoms with van der Waals surface area (Å²) in [6, 6.07) is 6.55. The Morgan fingerprint density at radius 3 is 2.50 bits per heavy atom. The number of nitrogens with one attached hydrogen (secondary N) is 4. The molecule has 0 unspecified atom stereocenters. The molecular weight excluding hydrogens is 519 g/mol. The molecular formula is C28H38Cl2N8. The fourth-order valence-electron chi connectivity index (χ4n) is 5.55. The summed E-state index contributed by atoms with van der Waals surface area (Å²) < 4.78 is 0. The van der Waals surface area contributed by atoms with Crippen molar-refractivity contribution in [2.24, 2.45) is 5.73 Å². The van der Waals surface area contributed by atoms with Crippen LogP contribution in [0.25, 0.3) is 0 Å². The number of hydrogen-bond donors (Lipinski definition) is 5. The maximum Gasteiger partial charge on any atom is 0.139 e. The highest BCUT2D eigenvalue weighted by Crippen LogP contribution is 2.26. The first kappa shape index (κ1) is 28.2. The third-order valence-corrected chi connectivity index (χ3v) is 8.18. The van der Waals surface area contributed by atoms with E-state index >= 15 is 0 Å². The molecule has 1 aromatic carbocycles. The van der Waals surface area contributed by atoms with Crippen molar-refractivity contribution in [1.29, 1.82) is 10.8 Å². The SMILES string of the molecule is C=CC(C=C(Cl)C(=N)N1CCN(C2CCN(Cc3ccc(Cl)cc3C(=N)N)CC2)[C@@H](CC)C1)=C1NC=CN1. The Hall–Kier alpha value is -2.78. The molecule has 3 aliphatic heterocycles. The number of piperazine rings is 1. The quantitative estimate of drug-likeness (QED) is 0.243. The van der Waals surface area contributed by atoms with E-state index in [9.17, 15) is 0 Å². The number of allylic oxidation sites excluding steroid dienone is 3. The maximum atomic E-state index is 8.75. The number of likely N-dealkylation sites (tertiary alicyclic amines) is 1. The number of nitrogens with zero attached hydrogens (tertiary/aromatic N) is 3. The summed E-state index contributed by atoms with van der Waals surface area (Å²) in [6.07, 6.45) is 10.4. The van der Waals surface area contributed by atoms with E-state index in [0.29, 0.717) is 28.0 Å². The molecule has 0 saturated carbocycles. The Kier molecular flexibility index (Phi) is 9.54. The van der Waals surface area contributed by atoms with Gasteiger partial charge in [-0.1, -0.05) is 48.8 Å². The normalized spacial score (nSPS) is 21.2. The van der Waals surface area contributed by atoms with Crippen molar-refractivity contribution in [2.45, 2.75) is 44.8 Å². The third kappa shape index (κ3) is 6.61. The highest BCUT2D eigenvalue weighted by atomic mass is 35.5. The molecule has 38 heavy (non-hydrogen) atoms. The summed E-state index contributed by atoms with van der Waals surface area (Å²) in [6.45, 7) is 11.4. The molecule has 2 fully saturated rings. The number of piperidine rings is 1. The second kappa shape index (κ2) is 12.8. The summed E-state index contributed by atoms with van der Waals surface area (Å²) in [7, 11) is 0. The monoisotopic (exact) mass is 556 g/mol. The van der Waals surface area contributed by atoms with Crippen molar-refractivity contribution in [3.63, 3.8) is 0 Å². The van der Waals surface area contributed by atoms with Gasteiger partial charge in [0.15, 0.2) is 0 Å². The van der Waals surface area contributed by atoms with E-state index in [-0.39, 0.29) is 5.84 Å². The van der Waals surface area contributed by atoms with Crippen molar-refractivity contribution in [2.75, 3.05) is 32.7 Å². The molecule has 6 N–H and O–H groups in total. The van der Waals surface area contributed by atoms with Gasteiger partial charge in [0.25, 0.3) is 0 Å². The number of rotatable bonds is 8. The van der Waals surface area contributed by atoms with E-state index in [4.69, 9.17) is 39.8 Å². The van der Waals surface area contributed by atoms with Gasteiger partial charge >= 0.3 is 0 Å². The first-order valence-electron chi connectivity index (χ1n) is 13.2. The van der Waals surface area contributed by atoms with Crippen LogP contribution in [-0.4, -0.2) is 71.2 Å². The van der Waals surface area contributed by atoms with Crippen LogP contribution in [-0.2, 0) is 6.54 Å². The van der Waals surface area contributed by atoms with Gasteiger partial charge in [-0.05, 0) is 56.1 Å². The first-order chi connectivity index (χ1) is 18.3. The summed E-state index contributed by atoms with van der Waals surface area (Å²) in [5.74, 6) is 1.22. The van der Waals surface area contributed by atoms with Gasteiger partial charge in [0.05, 0.1) is 5.03 Å². The number of hydrogen-bond acceptors (Lipinski definition) is 6. The van der Waals surface area contributed by atoms with Gasteiger partial charge in [-0.25, -0.2) is 0 Å². The van der Waals surface area contributed by atoms with E-state index in [2.05, 4.69) is 38.8 Å². The van der Waals surface area contributed by atoms with Crippen LogP contribution >= 0.6 is 23.2 Å². The van der Waals surface area contributed by atoms with Crippen molar-refractivity contribution in [3.05, 3.63) is 81.9 Å². The number of nitrogen functional groups attached to an aromatic ring is 1. The van der Waals surface area contributed by atoms with Gasteiger partial charge in [0, 0.05) is 66.8 Å². The molecule has 0 spiro atoms.